The Balaban J connectivity index is 1.55. The first-order valence-electron chi connectivity index (χ1n) is 10.4. The average molecular weight is 347 g/mol. The molecule has 4 rings (SSSR count). The number of allylic oxidation sites excluding steroid dienone is 3. The van der Waals surface area contributed by atoms with Gasteiger partial charge in [0.1, 0.15) is 0 Å². The van der Waals surface area contributed by atoms with Gasteiger partial charge in [0, 0.05) is 6.42 Å². The predicted molar refractivity (Wildman–Crippen MR) is 99.1 cm³/mol. The molecule has 1 N–H and O–H groups in total. The fourth-order valence-electron chi connectivity index (χ4n) is 6.92. The molecule has 0 aromatic rings. The van der Waals surface area contributed by atoms with Crippen LogP contribution in [0, 0.1) is 23.2 Å². The highest BCUT2D eigenvalue weighted by atomic mass is 16.5. The Hall–Kier alpha value is -0.800. The number of aliphatic hydroxyl groups excluding tert-OH is 1. The summed E-state index contributed by atoms with van der Waals surface area (Å²) in [6, 6.07) is 0. The topological polar surface area (TPSA) is 38.7 Å². The maximum Gasteiger partial charge on any atom is 0.0959 e. The first-order valence-corrected chi connectivity index (χ1v) is 10.4. The fourth-order valence-corrected chi connectivity index (χ4v) is 6.92. The molecule has 2 saturated carbocycles. The van der Waals surface area contributed by atoms with Crippen molar-refractivity contribution in [3.63, 3.8) is 0 Å². The summed E-state index contributed by atoms with van der Waals surface area (Å²) >= 11 is 0. The highest BCUT2D eigenvalue weighted by Crippen LogP contribution is 2.63. The highest BCUT2D eigenvalue weighted by Gasteiger charge is 2.57. The summed E-state index contributed by atoms with van der Waals surface area (Å²) in [5.74, 6) is 3.66. The quantitative estimate of drug-likeness (QED) is 0.739. The largest absolute Gasteiger partial charge is 0.501 e. The van der Waals surface area contributed by atoms with Gasteiger partial charge in [0.05, 0.1) is 32.2 Å². The number of ether oxygens (including phenoxy) is 2. The van der Waals surface area contributed by atoms with E-state index in [1.165, 1.54) is 50.7 Å². The van der Waals surface area contributed by atoms with Gasteiger partial charge in [-0.15, -0.1) is 0 Å². The van der Waals surface area contributed by atoms with Gasteiger partial charge < -0.3 is 14.6 Å². The number of aliphatic hydroxyl groups is 1. The summed E-state index contributed by atoms with van der Waals surface area (Å²) in [6.45, 7) is 3.03. The number of fused-ring (bicyclic) bond motifs is 4. The molecule has 0 aromatic carbocycles. The molecule has 2 fully saturated rings. The molecule has 4 aliphatic rings. The van der Waals surface area contributed by atoms with E-state index in [4.69, 9.17) is 9.47 Å². The van der Waals surface area contributed by atoms with Crippen LogP contribution in [0.15, 0.2) is 23.0 Å². The minimum absolute atomic E-state index is 0.150. The molecular formula is C22H34O3. The van der Waals surface area contributed by atoms with E-state index in [2.05, 4.69) is 13.0 Å². The normalized spacial score (nSPS) is 40.2. The van der Waals surface area contributed by atoms with Crippen molar-refractivity contribution >= 4 is 0 Å². The Morgan fingerprint density at radius 3 is 2.88 bits per heavy atom. The van der Waals surface area contributed by atoms with Crippen LogP contribution in [0.25, 0.3) is 0 Å². The van der Waals surface area contributed by atoms with Gasteiger partial charge >= 0.3 is 0 Å². The van der Waals surface area contributed by atoms with Crippen LogP contribution in [0.2, 0.25) is 0 Å². The summed E-state index contributed by atoms with van der Waals surface area (Å²) in [4.78, 5) is 0. The molecule has 4 aliphatic carbocycles. The third-order valence-corrected chi connectivity index (χ3v) is 8.02. The highest BCUT2D eigenvalue weighted by molar-refractivity contribution is 5.32. The van der Waals surface area contributed by atoms with Crippen LogP contribution in [0.4, 0.5) is 0 Å². The van der Waals surface area contributed by atoms with Crippen LogP contribution >= 0.6 is 0 Å². The Labute approximate surface area is 152 Å². The van der Waals surface area contributed by atoms with Crippen LogP contribution in [0.1, 0.15) is 64.7 Å². The monoisotopic (exact) mass is 346 g/mol. The first kappa shape index (κ1) is 17.6. The Morgan fingerprint density at radius 1 is 1.24 bits per heavy atom. The van der Waals surface area contributed by atoms with E-state index in [1.807, 2.05) is 7.11 Å². The number of hydrogen-bond donors (Lipinski definition) is 1. The van der Waals surface area contributed by atoms with Crippen molar-refractivity contribution in [2.45, 2.75) is 70.8 Å². The van der Waals surface area contributed by atoms with Crippen molar-refractivity contribution in [3.05, 3.63) is 23.0 Å². The van der Waals surface area contributed by atoms with Gasteiger partial charge in [0.25, 0.3) is 0 Å². The maximum absolute atomic E-state index is 9.19. The predicted octanol–water partition coefficient (Wildman–Crippen LogP) is 4.61. The van der Waals surface area contributed by atoms with E-state index in [0.29, 0.717) is 18.1 Å². The lowest BCUT2D eigenvalue weighted by molar-refractivity contribution is -0.0876. The minimum atomic E-state index is 0.150. The molecule has 0 radical (unpaired) electrons. The summed E-state index contributed by atoms with van der Waals surface area (Å²) < 4.78 is 11.7. The van der Waals surface area contributed by atoms with Gasteiger partial charge in [-0.05, 0) is 80.6 Å². The zero-order valence-electron chi connectivity index (χ0n) is 15.9. The second-order valence-electron chi connectivity index (χ2n) is 8.59. The fraction of sp³-hybridized carbons (Fsp3) is 0.818. The average Bonchev–Trinajstić information content (AvgIpc) is 3.04. The molecule has 0 heterocycles. The van der Waals surface area contributed by atoms with Gasteiger partial charge in [0.15, 0.2) is 0 Å². The Kier molecular flexibility index (Phi) is 4.98. The molecule has 25 heavy (non-hydrogen) atoms. The molecule has 0 aliphatic heterocycles. The van der Waals surface area contributed by atoms with Crippen molar-refractivity contribution in [2.24, 2.45) is 23.2 Å². The number of hydrogen-bond acceptors (Lipinski definition) is 3. The van der Waals surface area contributed by atoms with Gasteiger partial charge in [-0.25, -0.2) is 0 Å². The molecule has 0 saturated heterocycles. The van der Waals surface area contributed by atoms with E-state index in [9.17, 15) is 5.11 Å². The van der Waals surface area contributed by atoms with Gasteiger partial charge in [0.2, 0.25) is 0 Å². The molecule has 3 nitrogen and oxygen atoms in total. The molecule has 0 aromatic heterocycles. The summed E-state index contributed by atoms with van der Waals surface area (Å²) in [6.07, 6.45) is 13.9. The van der Waals surface area contributed by atoms with E-state index >= 15 is 0 Å². The zero-order valence-corrected chi connectivity index (χ0v) is 15.9. The molecule has 0 amide bonds. The second kappa shape index (κ2) is 7.08. The summed E-state index contributed by atoms with van der Waals surface area (Å²) in [5, 5.41) is 9.19. The zero-order chi connectivity index (χ0) is 17.4. The van der Waals surface area contributed by atoms with Crippen molar-refractivity contribution in [2.75, 3.05) is 20.3 Å². The molecule has 0 unspecified atom stereocenters. The van der Waals surface area contributed by atoms with Crippen LogP contribution in [-0.2, 0) is 9.47 Å². The van der Waals surface area contributed by atoms with Crippen LogP contribution in [0.5, 0.6) is 0 Å². The lowest BCUT2D eigenvalue weighted by atomic mass is 9.53. The third kappa shape index (κ3) is 2.78. The van der Waals surface area contributed by atoms with E-state index in [-0.39, 0.29) is 6.61 Å². The molecule has 0 bridgehead atoms. The lowest BCUT2D eigenvalue weighted by Gasteiger charge is -2.53. The molecular weight excluding hydrogens is 312 g/mol. The Bertz CT molecular complexity index is 564. The summed E-state index contributed by atoms with van der Waals surface area (Å²) in [7, 11) is 1.81. The standard InChI is InChI=1S/C22H34O3/c1-3-22-11-10-18-17-7-5-16(24-2)14-15(17)4-6-19(18)20(22)8-9-21(22)25-13-12-23/h5,18-21,23H,3-4,6-14H2,1-2H3/t18-,19-,20+,21+,22+/m1/s1. The summed E-state index contributed by atoms with van der Waals surface area (Å²) in [5.41, 5.74) is 3.83. The Morgan fingerprint density at radius 2 is 2.12 bits per heavy atom. The van der Waals surface area contributed by atoms with Crippen LogP contribution < -0.4 is 0 Å². The van der Waals surface area contributed by atoms with Crippen molar-refractivity contribution in [1.82, 2.24) is 0 Å². The van der Waals surface area contributed by atoms with Crippen LogP contribution in [0.3, 0.4) is 0 Å². The van der Waals surface area contributed by atoms with Crippen molar-refractivity contribution < 1.29 is 14.6 Å². The molecule has 5 atom stereocenters. The SMILES string of the molecule is CC[C@]12CC[C@@H]3C4=C(CC[C@H]3[C@@H]1CC[C@@H]2OCCO)CC(OC)=CC4. The van der Waals surface area contributed by atoms with E-state index < -0.39 is 0 Å². The second-order valence-corrected chi connectivity index (χ2v) is 8.59. The minimum Gasteiger partial charge on any atom is -0.501 e. The molecule has 3 heteroatoms. The van der Waals surface area contributed by atoms with Gasteiger partial charge in [-0.2, -0.15) is 0 Å². The number of methoxy groups -OCH3 is 1. The van der Waals surface area contributed by atoms with E-state index in [0.717, 1.165) is 30.6 Å². The maximum atomic E-state index is 9.19. The van der Waals surface area contributed by atoms with Gasteiger partial charge in [-0.1, -0.05) is 18.1 Å². The lowest BCUT2D eigenvalue weighted by Crippen LogP contribution is -2.47. The molecule has 0 spiro atoms. The van der Waals surface area contributed by atoms with Crippen LogP contribution in [-0.4, -0.2) is 31.5 Å². The van der Waals surface area contributed by atoms with Gasteiger partial charge in [-0.3, -0.25) is 0 Å². The first-order chi connectivity index (χ1) is 12.2. The van der Waals surface area contributed by atoms with Crippen molar-refractivity contribution in [3.8, 4) is 0 Å². The number of rotatable bonds is 5. The molecule has 140 valence electrons. The van der Waals surface area contributed by atoms with E-state index in [1.54, 1.807) is 11.1 Å². The van der Waals surface area contributed by atoms with Crippen molar-refractivity contribution in [1.29, 1.82) is 0 Å². The smallest absolute Gasteiger partial charge is 0.0959 e. The third-order valence-electron chi connectivity index (χ3n) is 8.02.